The average Bonchev–Trinajstić information content (AvgIpc) is 3.07. The van der Waals surface area contributed by atoms with Crippen LogP contribution in [0.4, 0.5) is 0 Å². The summed E-state index contributed by atoms with van der Waals surface area (Å²) in [6, 6.07) is 49.7. The molecule has 0 fully saturated rings. The van der Waals surface area contributed by atoms with Gasteiger partial charge in [-0.15, -0.1) is 0 Å². The van der Waals surface area contributed by atoms with Gasteiger partial charge in [0.2, 0.25) is 0 Å². The number of benzene rings is 8. The van der Waals surface area contributed by atoms with Crippen LogP contribution in [0.25, 0.3) is 82.2 Å². The highest BCUT2D eigenvalue weighted by Crippen LogP contribution is 2.39. The van der Waals surface area contributed by atoms with Gasteiger partial charge in [0.1, 0.15) is 0 Å². The van der Waals surface area contributed by atoms with Crippen molar-refractivity contribution in [2.75, 3.05) is 0 Å². The van der Waals surface area contributed by atoms with Gasteiger partial charge in [0.25, 0.3) is 0 Å². The lowest BCUT2D eigenvalue weighted by molar-refractivity contribution is 1.00. The van der Waals surface area contributed by atoms with Gasteiger partial charge in [-0.05, 0) is 124 Å². The molecule has 0 saturated carbocycles. The van der Waals surface area contributed by atoms with E-state index in [9.17, 15) is 0 Å². The fourth-order valence-corrected chi connectivity index (χ4v) is 7.15. The number of allylic oxidation sites excluding steroid dienone is 1. The van der Waals surface area contributed by atoms with Crippen molar-refractivity contribution in [1.82, 2.24) is 0 Å². The van der Waals surface area contributed by atoms with Crippen molar-refractivity contribution in [3.63, 3.8) is 0 Å². The summed E-state index contributed by atoms with van der Waals surface area (Å²) in [5.74, 6) is 0. The van der Waals surface area contributed by atoms with E-state index in [0.29, 0.717) is 0 Å². The molecule has 9 rings (SSSR count). The Hall–Kier alpha value is -5.20. The van der Waals surface area contributed by atoms with Gasteiger partial charge < -0.3 is 0 Å². The summed E-state index contributed by atoms with van der Waals surface area (Å²) in [6.45, 7) is 0. The Morgan fingerprint density at radius 3 is 1.64 bits per heavy atom. The van der Waals surface area contributed by atoms with Crippen LogP contribution in [0.5, 0.6) is 0 Å². The van der Waals surface area contributed by atoms with E-state index in [1.54, 1.807) is 0 Å². The van der Waals surface area contributed by atoms with Crippen molar-refractivity contribution in [2.45, 2.75) is 12.8 Å². The van der Waals surface area contributed by atoms with Crippen LogP contribution in [0.1, 0.15) is 17.5 Å². The molecule has 0 N–H and O–H groups in total. The van der Waals surface area contributed by atoms with Crippen molar-refractivity contribution in [1.29, 1.82) is 0 Å². The zero-order valence-corrected chi connectivity index (χ0v) is 23.3. The van der Waals surface area contributed by atoms with E-state index in [-0.39, 0.29) is 0 Å². The first kappa shape index (κ1) is 23.5. The van der Waals surface area contributed by atoms with Gasteiger partial charge in [0, 0.05) is 0 Å². The third kappa shape index (κ3) is 3.62. The molecule has 0 spiro atoms. The van der Waals surface area contributed by atoms with E-state index in [4.69, 9.17) is 0 Å². The molecular formula is C42H28. The zero-order valence-electron chi connectivity index (χ0n) is 23.3. The van der Waals surface area contributed by atoms with Crippen LogP contribution in [0.15, 0.2) is 140 Å². The number of rotatable bonds is 2. The first-order valence-corrected chi connectivity index (χ1v) is 14.9. The molecule has 0 bridgehead atoms. The van der Waals surface area contributed by atoms with Crippen molar-refractivity contribution >= 4 is 59.9 Å². The summed E-state index contributed by atoms with van der Waals surface area (Å²) < 4.78 is 0. The highest BCUT2D eigenvalue weighted by molar-refractivity contribution is 6.14. The zero-order chi connectivity index (χ0) is 27.6. The largest absolute Gasteiger partial charge is 0.0836 e. The Morgan fingerprint density at radius 1 is 0.357 bits per heavy atom. The molecule has 1 aliphatic rings. The molecule has 0 heteroatoms. The average molecular weight is 533 g/mol. The van der Waals surface area contributed by atoms with Crippen LogP contribution >= 0.6 is 0 Å². The molecule has 0 aliphatic heterocycles. The summed E-state index contributed by atoms with van der Waals surface area (Å²) in [5, 5.41) is 13.2. The molecule has 0 nitrogen and oxygen atoms in total. The minimum absolute atomic E-state index is 1.11. The molecule has 8 aromatic rings. The number of hydrogen-bond donors (Lipinski definition) is 0. The Labute approximate surface area is 245 Å². The minimum atomic E-state index is 1.11. The predicted octanol–water partition coefficient (Wildman–Crippen LogP) is 11.7. The third-order valence-electron chi connectivity index (χ3n) is 9.28. The Kier molecular flexibility index (Phi) is 5.12. The van der Waals surface area contributed by atoms with Crippen LogP contribution in [0, 0.1) is 0 Å². The van der Waals surface area contributed by atoms with E-state index >= 15 is 0 Å². The van der Waals surface area contributed by atoms with Crippen molar-refractivity contribution in [3.05, 3.63) is 151 Å². The fourth-order valence-electron chi connectivity index (χ4n) is 7.15. The maximum atomic E-state index is 2.41. The van der Waals surface area contributed by atoms with Gasteiger partial charge in [-0.3, -0.25) is 0 Å². The highest BCUT2D eigenvalue weighted by Gasteiger charge is 2.15. The summed E-state index contributed by atoms with van der Waals surface area (Å²) in [7, 11) is 0. The molecule has 8 aromatic carbocycles. The molecule has 0 aromatic heterocycles. The van der Waals surface area contributed by atoms with Gasteiger partial charge in [0.15, 0.2) is 0 Å². The van der Waals surface area contributed by atoms with Crippen molar-refractivity contribution in [2.24, 2.45) is 0 Å². The molecule has 0 unspecified atom stereocenters. The fraction of sp³-hybridized carbons (Fsp3) is 0.0476. The number of hydrogen-bond acceptors (Lipinski definition) is 0. The molecule has 1 aliphatic carbocycles. The van der Waals surface area contributed by atoms with Gasteiger partial charge in [-0.25, -0.2) is 0 Å². The second kappa shape index (κ2) is 9.16. The van der Waals surface area contributed by atoms with Crippen molar-refractivity contribution in [3.8, 4) is 22.3 Å². The topological polar surface area (TPSA) is 0 Å². The Morgan fingerprint density at radius 2 is 0.881 bits per heavy atom. The lowest BCUT2D eigenvalue weighted by atomic mass is 9.85. The van der Waals surface area contributed by atoms with Crippen LogP contribution in [-0.2, 0) is 6.42 Å². The standard InChI is InChI=1S/C42H28/c1-2-8-35-27(7-1)13-14-28-15-16-33(25-41(28)35)31-19-17-30-24-32(20-18-29(30)23-31)34-21-22-40-38-11-4-3-9-36(38)37-10-5-6-12-39(37)42(40)26-34/h1-4,6-9,11-26H,5,10H2. The Balaban J connectivity index is 1.14. The summed E-state index contributed by atoms with van der Waals surface area (Å²) in [6.07, 6.45) is 6.90. The summed E-state index contributed by atoms with van der Waals surface area (Å²) in [5.41, 5.74) is 7.92. The monoisotopic (exact) mass is 532 g/mol. The van der Waals surface area contributed by atoms with E-state index in [2.05, 4.69) is 146 Å². The molecule has 0 radical (unpaired) electrons. The predicted molar refractivity (Wildman–Crippen MR) is 182 cm³/mol. The van der Waals surface area contributed by atoms with Crippen LogP contribution in [0.2, 0.25) is 0 Å². The number of fused-ring (bicyclic) bond motifs is 10. The third-order valence-corrected chi connectivity index (χ3v) is 9.28. The SMILES string of the molecule is C1=Cc2c(c3ccccc3c3ccc(-c4ccc5cc(-c6ccc7ccc8ccccc8c7c6)ccc5c4)cc23)CC1. The lowest BCUT2D eigenvalue weighted by Gasteiger charge is -2.18. The summed E-state index contributed by atoms with van der Waals surface area (Å²) in [4.78, 5) is 0. The quantitative estimate of drug-likeness (QED) is 0.194. The first-order chi connectivity index (χ1) is 20.8. The number of aryl methyl sites for hydroxylation is 1. The van der Waals surface area contributed by atoms with Crippen molar-refractivity contribution < 1.29 is 0 Å². The molecule has 0 saturated heterocycles. The first-order valence-electron chi connectivity index (χ1n) is 14.9. The molecule has 42 heavy (non-hydrogen) atoms. The minimum Gasteiger partial charge on any atom is -0.0836 e. The van der Waals surface area contributed by atoms with Gasteiger partial charge in [-0.1, -0.05) is 121 Å². The van der Waals surface area contributed by atoms with Crippen LogP contribution in [0.3, 0.4) is 0 Å². The highest BCUT2D eigenvalue weighted by atomic mass is 14.2. The van der Waals surface area contributed by atoms with E-state index in [0.717, 1.165) is 12.8 Å². The smallest absolute Gasteiger partial charge is 0.00961 e. The van der Waals surface area contributed by atoms with Gasteiger partial charge in [0.05, 0.1) is 0 Å². The van der Waals surface area contributed by atoms with E-state index in [1.165, 1.54) is 87.2 Å². The van der Waals surface area contributed by atoms with E-state index in [1.807, 2.05) is 0 Å². The lowest BCUT2D eigenvalue weighted by Crippen LogP contribution is -1.98. The molecular weight excluding hydrogens is 504 g/mol. The maximum absolute atomic E-state index is 2.41. The molecule has 196 valence electrons. The maximum Gasteiger partial charge on any atom is -0.00961 e. The second-order valence-electron chi connectivity index (χ2n) is 11.6. The molecule has 0 heterocycles. The molecule has 0 amide bonds. The van der Waals surface area contributed by atoms with Gasteiger partial charge >= 0.3 is 0 Å². The van der Waals surface area contributed by atoms with Crippen LogP contribution in [-0.4, -0.2) is 0 Å². The Bertz CT molecular complexity index is 2400. The second-order valence-corrected chi connectivity index (χ2v) is 11.6. The summed E-state index contributed by atoms with van der Waals surface area (Å²) >= 11 is 0. The van der Waals surface area contributed by atoms with Crippen LogP contribution < -0.4 is 0 Å². The normalized spacial score (nSPS) is 13.0. The van der Waals surface area contributed by atoms with Gasteiger partial charge in [-0.2, -0.15) is 0 Å². The molecule has 0 atom stereocenters. The van der Waals surface area contributed by atoms with E-state index < -0.39 is 0 Å².